The summed E-state index contributed by atoms with van der Waals surface area (Å²) >= 11 is 6.65. The molecule has 2 aromatic rings. The van der Waals surface area contributed by atoms with Crippen LogP contribution < -0.4 is 0 Å². The Balaban J connectivity index is 1.76. The van der Waals surface area contributed by atoms with E-state index in [-0.39, 0.29) is 0 Å². The van der Waals surface area contributed by atoms with Gasteiger partial charge in [-0.05, 0) is 76.0 Å². The van der Waals surface area contributed by atoms with Gasteiger partial charge in [-0.3, -0.25) is 4.90 Å². The van der Waals surface area contributed by atoms with E-state index in [1.54, 1.807) is 0 Å². The average Bonchev–Trinajstić information content (AvgIpc) is 3.31. The van der Waals surface area contributed by atoms with Crippen LogP contribution in [-0.4, -0.2) is 23.5 Å². The summed E-state index contributed by atoms with van der Waals surface area (Å²) in [5.74, 6) is 0.404. The molecule has 3 heteroatoms. The molecule has 166 valence electrons. The van der Waals surface area contributed by atoms with E-state index in [9.17, 15) is 5.26 Å². The van der Waals surface area contributed by atoms with E-state index in [0.717, 1.165) is 49.2 Å². The molecule has 2 unspecified atom stereocenters. The lowest BCUT2D eigenvalue weighted by molar-refractivity contribution is 0.147. The Labute approximate surface area is 194 Å². The highest BCUT2D eigenvalue weighted by Crippen LogP contribution is 2.47. The number of halogens is 1. The molecule has 0 spiro atoms. The molecule has 1 fully saturated rings. The summed E-state index contributed by atoms with van der Waals surface area (Å²) in [5.41, 5.74) is 1.94. The minimum Gasteiger partial charge on any atom is -0.298 e. The lowest BCUT2D eigenvalue weighted by atomic mass is 9.67. The predicted octanol–water partition coefficient (Wildman–Crippen LogP) is 7.41. The zero-order valence-electron chi connectivity index (χ0n) is 19.4. The summed E-state index contributed by atoms with van der Waals surface area (Å²) < 4.78 is 0. The summed E-state index contributed by atoms with van der Waals surface area (Å²) in [6.45, 7) is 7.93. The molecule has 0 amide bonds. The predicted molar refractivity (Wildman–Crippen MR) is 131 cm³/mol. The fourth-order valence-corrected chi connectivity index (χ4v) is 5.80. The van der Waals surface area contributed by atoms with E-state index in [1.165, 1.54) is 18.4 Å². The standard InChI is InChI=1S/C28H37ClN2/c1-22(2)31(20-18-24-11-5-4-6-12-24)23(3)17-19-28(21-30,25-13-7-8-14-25)26-15-9-10-16-27(26)29/h4-6,9-12,15-16,22-23,25H,7-8,13-14,17-20H2,1-3H3. The molecule has 0 bridgehead atoms. The second-order valence-electron chi connectivity index (χ2n) is 9.50. The van der Waals surface area contributed by atoms with E-state index in [0.29, 0.717) is 18.0 Å². The summed E-state index contributed by atoms with van der Waals surface area (Å²) in [5, 5.41) is 11.2. The molecular formula is C28H37ClN2. The Morgan fingerprint density at radius 1 is 1.03 bits per heavy atom. The molecule has 2 aromatic carbocycles. The average molecular weight is 437 g/mol. The van der Waals surface area contributed by atoms with Crippen LogP contribution >= 0.6 is 11.6 Å². The SMILES string of the molecule is CC(C)N(CCc1ccccc1)C(C)CCC(C#N)(c1ccccc1Cl)C1CCCC1. The van der Waals surface area contributed by atoms with Crippen LogP contribution in [0.5, 0.6) is 0 Å². The number of rotatable bonds is 10. The molecule has 0 aromatic heterocycles. The number of nitrogens with zero attached hydrogens (tertiary/aromatic N) is 2. The molecule has 2 nitrogen and oxygen atoms in total. The fraction of sp³-hybridized carbons (Fsp3) is 0.536. The number of benzene rings is 2. The van der Waals surface area contributed by atoms with Gasteiger partial charge in [0.1, 0.15) is 0 Å². The Morgan fingerprint density at radius 2 is 1.68 bits per heavy atom. The van der Waals surface area contributed by atoms with Crippen molar-refractivity contribution in [2.75, 3.05) is 6.54 Å². The second kappa shape index (κ2) is 11.2. The highest BCUT2D eigenvalue weighted by molar-refractivity contribution is 6.31. The molecule has 31 heavy (non-hydrogen) atoms. The highest BCUT2D eigenvalue weighted by Gasteiger charge is 2.43. The number of hydrogen-bond acceptors (Lipinski definition) is 2. The lowest BCUT2D eigenvalue weighted by Gasteiger charge is -2.38. The van der Waals surface area contributed by atoms with Crippen molar-refractivity contribution in [2.24, 2.45) is 5.92 Å². The van der Waals surface area contributed by atoms with Crippen LogP contribution in [0.15, 0.2) is 54.6 Å². The molecule has 1 aliphatic carbocycles. The summed E-state index contributed by atoms with van der Waals surface area (Å²) in [4.78, 5) is 2.59. The van der Waals surface area contributed by atoms with Gasteiger partial charge in [-0.25, -0.2) is 0 Å². The zero-order valence-corrected chi connectivity index (χ0v) is 20.1. The van der Waals surface area contributed by atoms with Crippen molar-refractivity contribution in [1.82, 2.24) is 4.90 Å². The van der Waals surface area contributed by atoms with Crippen molar-refractivity contribution in [3.05, 3.63) is 70.7 Å². The molecule has 3 rings (SSSR count). The maximum atomic E-state index is 10.5. The summed E-state index contributed by atoms with van der Waals surface area (Å²) in [6, 6.07) is 22.4. The first-order valence-corrected chi connectivity index (χ1v) is 12.3. The molecule has 1 saturated carbocycles. The van der Waals surface area contributed by atoms with Gasteiger partial charge < -0.3 is 0 Å². The largest absolute Gasteiger partial charge is 0.298 e. The molecule has 0 saturated heterocycles. The molecule has 2 atom stereocenters. The monoisotopic (exact) mass is 436 g/mol. The Morgan fingerprint density at radius 3 is 2.29 bits per heavy atom. The first kappa shape index (κ1) is 23.8. The van der Waals surface area contributed by atoms with Crippen LogP contribution in [0.25, 0.3) is 0 Å². The van der Waals surface area contributed by atoms with Crippen LogP contribution in [0.3, 0.4) is 0 Å². The Kier molecular flexibility index (Phi) is 8.58. The van der Waals surface area contributed by atoms with Gasteiger partial charge in [-0.2, -0.15) is 5.26 Å². The topological polar surface area (TPSA) is 27.0 Å². The molecule has 1 aliphatic rings. The minimum atomic E-state index is -0.481. The third kappa shape index (κ3) is 5.71. The molecular weight excluding hydrogens is 400 g/mol. The first-order chi connectivity index (χ1) is 15.0. The van der Waals surface area contributed by atoms with Gasteiger partial charge in [0, 0.05) is 23.7 Å². The Bertz CT molecular complexity index is 851. The third-order valence-corrected chi connectivity index (χ3v) is 7.62. The number of hydrogen-bond donors (Lipinski definition) is 0. The van der Waals surface area contributed by atoms with Crippen LogP contribution in [0.2, 0.25) is 5.02 Å². The maximum absolute atomic E-state index is 10.5. The van der Waals surface area contributed by atoms with Gasteiger partial charge in [-0.1, -0.05) is 73.0 Å². The lowest BCUT2D eigenvalue weighted by Crippen LogP contribution is -2.42. The van der Waals surface area contributed by atoms with Gasteiger partial charge in [0.05, 0.1) is 11.5 Å². The molecule has 0 heterocycles. The zero-order chi connectivity index (χ0) is 22.3. The maximum Gasteiger partial charge on any atom is 0.0865 e. The van der Waals surface area contributed by atoms with Crippen molar-refractivity contribution >= 4 is 11.6 Å². The van der Waals surface area contributed by atoms with Crippen molar-refractivity contribution in [3.63, 3.8) is 0 Å². The minimum absolute atomic E-state index is 0.404. The molecule has 0 aliphatic heterocycles. The highest BCUT2D eigenvalue weighted by atomic mass is 35.5. The first-order valence-electron chi connectivity index (χ1n) is 11.9. The summed E-state index contributed by atoms with van der Waals surface area (Å²) in [6.07, 6.45) is 7.65. The molecule has 0 N–H and O–H groups in total. The van der Waals surface area contributed by atoms with E-state index >= 15 is 0 Å². The van der Waals surface area contributed by atoms with E-state index in [4.69, 9.17) is 11.6 Å². The van der Waals surface area contributed by atoms with E-state index in [1.807, 2.05) is 18.2 Å². The van der Waals surface area contributed by atoms with Gasteiger partial charge in [0.15, 0.2) is 0 Å². The van der Waals surface area contributed by atoms with Crippen LogP contribution in [0, 0.1) is 17.2 Å². The Hall–Kier alpha value is -1.82. The second-order valence-corrected chi connectivity index (χ2v) is 9.91. The van der Waals surface area contributed by atoms with Gasteiger partial charge in [0.25, 0.3) is 0 Å². The van der Waals surface area contributed by atoms with Gasteiger partial charge in [0.2, 0.25) is 0 Å². The summed E-state index contributed by atoms with van der Waals surface area (Å²) in [7, 11) is 0. The van der Waals surface area contributed by atoms with Crippen molar-refractivity contribution < 1.29 is 0 Å². The normalized spacial score (nSPS) is 17.6. The van der Waals surface area contributed by atoms with Crippen molar-refractivity contribution in [1.29, 1.82) is 5.26 Å². The molecule has 0 radical (unpaired) electrons. The third-order valence-electron chi connectivity index (χ3n) is 7.29. The van der Waals surface area contributed by atoms with E-state index < -0.39 is 5.41 Å². The van der Waals surface area contributed by atoms with Crippen molar-refractivity contribution in [2.45, 2.75) is 83.2 Å². The van der Waals surface area contributed by atoms with Crippen molar-refractivity contribution in [3.8, 4) is 6.07 Å². The fourth-order valence-electron chi connectivity index (χ4n) is 5.50. The van der Waals surface area contributed by atoms with Crippen LogP contribution in [-0.2, 0) is 11.8 Å². The smallest absolute Gasteiger partial charge is 0.0865 e. The van der Waals surface area contributed by atoms with Crippen LogP contribution in [0.4, 0.5) is 0 Å². The quantitative estimate of drug-likeness (QED) is 0.387. The van der Waals surface area contributed by atoms with Gasteiger partial charge >= 0.3 is 0 Å². The number of nitriles is 1. The van der Waals surface area contributed by atoms with Crippen LogP contribution in [0.1, 0.15) is 70.4 Å². The van der Waals surface area contributed by atoms with E-state index in [2.05, 4.69) is 68.1 Å². The van der Waals surface area contributed by atoms with Gasteiger partial charge in [-0.15, -0.1) is 0 Å².